The minimum Gasteiger partial charge on any atom is -0.395 e. The van der Waals surface area contributed by atoms with Crippen molar-refractivity contribution in [1.82, 2.24) is 20.3 Å². The van der Waals surface area contributed by atoms with Crippen molar-refractivity contribution in [2.75, 3.05) is 44.2 Å². The summed E-state index contributed by atoms with van der Waals surface area (Å²) in [5, 5.41) is 18.3. The second kappa shape index (κ2) is 10.7. The molecule has 8 heteroatoms. The highest BCUT2D eigenvalue weighted by Gasteiger charge is 2.23. The molecule has 2 aromatic rings. The Hall–Kier alpha value is -2.81. The molecule has 0 saturated carbocycles. The number of hydrogen-bond acceptors (Lipinski definition) is 7. The highest BCUT2D eigenvalue weighted by atomic mass is 16.5. The number of aliphatic hydroxyl groups excluding tert-OH is 1. The van der Waals surface area contributed by atoms with E-state index < -0.39 is 5.91 Å². The third-order valence-electron chi connectivity index (χ3n) is 6.46. The quantitative estimate of drug-likeness (QED) is 0.408. The molecule has 0 unspecified atom stereocenters. The van der Waals surface area contributed by atoms with Crippen molar-refractivity contribution < 1.29 is 15.1 Å². The summed E-state index contributed by atoms with van der Waals surface area (Å²) in [4.78, 5) is 24.5. The lowest BCUT2D eigenvalue weighted by Gasteiger charge is -2.35. The Morgan fingerprint density at radius 3 is 2.62 bits per heavy atom. The Morgan fingerprint density at radius 2 is 1.91 bits per heavy atom. The molecule has 2 heterocycles. The molecule has 1 aromatic heterocycles. The molecule has 0 bridgehead atoms. The lowest BCUT2D eigenvalue weighted by atomic mass is 9.96. The maximum atomic E-state index is 11.4. The average Bonchev–Trinajstić information content (AvgIpc) is 3.26. The molecule has 1 aromatic carbocycles. The van der Waals surface area contributed by atoms with Crippen LogP contribution >= 0.6 is 0 Å². The first-order chi connectivity index (χ1) is 15.7. The second-order valence-electron chi connectivity index (χ2n) is 8.51. The molecule has 1 amide bonds. The Morgan fingerprint density at radius 1 is 1.16 bits per heavy atom. The van der Waals surface area contributed by atoms with Crippen molar-refractivity contribution in [3.63, 3.8) is 0 Å². The van der Waals surface area contributed by atoms with E-state index in [0.29, 0.717) is 18.4 Å². The van der Waals surface area contributed by atoms with Crippen molar-refractivity contribution in [3.8, 4) is 0 Å². The minimum atomic E-state index is -0.615. The maximum Gasteiger partial charge on any atom is 0.277 e. The van der Waals surface area contributed by atoms with Crippen LogP contribution in [0.15, 0.2) is 42.7 Å². The van der Waals surface area contributed by atoms with Gasteiger partial charge in [0.2, 0.25) is 5.95 Å². The maximum absolute atomic E-state index is 11.4. The summed E-state index contributed by atoms with van der Waals surface area (Å²) in [7, 11) is 0. The van der Waals surface area contributed by atoms with E-state index >= 15 is 0 Å². The van der Waals surface area contributed by atoms with Gasteiger partial charge in [0.05, 0.1) is 12.2 Å². The number of nitrogens with one attached hydrogen (secondary N) is 1. The van der Waals surface area contributed by atoms with Crippen LogP contribution in [0.25, 0.3) is 5.57 Å². The number of carbonyl (C=O) groups excluding carboxylic acids is 1. The first-order valence-electron chi connectivity index (χ1n) is 11.3. The zero-order valence-electron chi connectivity index (χ0n) is 18.3. The summed E-state index contributed by atoms with van der Waals surface area (Å²) in [5.74, 6) is 0.565. The molecule has 32 heavy (non-hydrogen) atoms. The van der Waals surface area contributed by atoms with Gasteiger partial charge < -0.3 is 14.9 Å². The van der Waals surface area contributed by atoms with E-state index in [2.05, 4.69) is 50.1 Å². The van der Waals surface area contributed by atoms with Crippen LogP contribution in [-0.4, -0.2) is 70.4 Å². The number of anilines is 1. The molecule has 1 aliphatic carbocycles. The van der Waals surface area contributed by atoms with E-state index in [1.807, 2.05) is 0 Å². The number of carbonyl (C=O) groups is 1. The Kier molecular flexibility index (Phi) is 7.47. The van der Waals surface area contributed by atoms with Gasteiger partial charge in [-0.1, -0.05) is 30.3 Å². The monoisotopic (exact) mass is 437 g/mol. The fourth-order valence-corrected chi connectivity index (χ4v) is 4.65. The summed E-state index contributed by atoms with van der Waals surface area (Å²) >= 11 is 0. The summed E-state index contributed by atoms with van der Waals surface area (Å²) < 4.78 is 0. The van der Waals surface area contributed by atoms with Crippen molar-refractivity contribution in [1.29, 1.82) is 0 Å². The third kappa shape index (κ3) is 5.32. The molecular formula is C24H31N5O3. The predicted molar refractivity (Wildman–Crippen MR) is 122 cm³/mol. The number of rotatable bonds is 9. The third-order valence-corrected chi connectivity index (χ3v) is 6.46. The van der Waals surface area contributed by atoms with Gasteiger partial charge in [-0.25, -0.2) is 15.4 Å². The van der Waals surface area contributed by atoms with Crippen LogP contribution in [-0.2, 0) is 6.42 Å². The summed E-state index contributed by atoms with van der Waals surface area (Å²) in [5.41, 5.74) is 6.04. The molecule has 8 nitrogen and oxygen atoms in total. The number of fused-ring (bicyclic) bond motifs is 1. The van der Waals surface area contributed by atoms with Gasteiger partial charge in [-0.2, -0.15) is 0 Å². The van der Waals surface area contributed by atoms with E-state index in [1.165, 1.54) is 29.1 Å². The molecule has 0 spiro atoms. The highest BCUT2D eigenvalue weighted by Crippen LogP contribution is 2.30. The van der Waals surface area contributed by atoms with Crippen molar-refractivity contribution in [2.45, 2.75) is 25.7 Å². The van der Waals surface area contributed by atoms with Gasteiger partial charge in [-0.3, -0.25) is 10.0 Å². The zero-order chi connectivity index (χ0) is 22.3. The zero-order valence-corrected chi connectivity index (χ0v) is 18.3. The Labute approximate surface area is 188 Å². The van der Waals surface area contributed by atoms with Gasteiger partial charge in [0.1, 0.15) is 0 Å². The Bertz CT molecular complexity index is 939. The van der Waals surface area contributed by atoms with Gasteiger partial charge >= 0.3 is 0 Å². The van der Waals surface area contributed by atoms with Crippen molar-refractivity contribution in [3.05, 3.63) is 59.4 Å². The van der Waals surface area contributed by atoms with E-state index in [0.717, 1.165) is 51.9 Å². The number of benzene rings is 1. The lowest BCUT2D eigenvalue weighted by Crippen LogP contribution is -2.40. The number of hydrogen-bond donors (Lipinski definition) is 3. The van der Waals surface area contributed by atoms with Gasteiger partial charge in [-0.15, -0.1) is 0 Å². The lowest BCUT2D eigenvalue weighted by molar-refractivity contribution is 0.0705. The first-order valence-corrected chi connectivity index (χ1v) is 11.3. The van der Waals surface area contributed by atoms with Crippen LogP contribution in [0, 0.1) is 5.92 Å². The Balaban J connectivity index is 1.26. The smallest absolute Gasteiger partial charge is 0.277 e. The van der Waals surface area contributed by atoms with E-state index in [4.69, 9.17) is 5.21 Å². The number of allylic oxidation sites excluding steroid dienone is 1. The minimum absolute atomic E-state index is 0.177. The molecule has 1 fully saturated rings. The predicted octanol–water partition coefficient (Wildman–Crippen LogP) is 2.14. The van der Waals surface area contributed by atoms with Crippen LogP contribution in [0.3, 0.4) is 0 Å². The van der Waals surface area contributed by atoms with Gasteiger partial charge in [0.15, 0.2) is 0 Å². The van der Waals surface area contributed by atoms with Crippen LogP contribution in [0.5, 0.6) is 0 Å². The molecular weight excluding hydrogens is 406 g/mol. The van der Waals surface area contributed by atoms with Crippen molar-refractivity contribution >= 4 is 17.4 Å². The van der Waals surface area contributed by atoms with E-state index in [-0.39, 0.29) is 12.2 Å². The molecule has 2 aliphatic rings. The summed E-state index contributed by atoms with van der Waals surface area (Å²) in [6.45, 7) is 4.55. The molecule has 1 saturated heterocycles. The number of amides is 1. The number of nitrogens with zero attached hydrogens (tertiary/aromatic N) is 4. The fourth-order valence-electron chi connectivity index (χ4n) is 4.65. The highest BCUT2D eigenvalue weighted by molar-refractivity contribution is 5.92. The molecule has 170 valence electrons. The van der Waals surface area contributed by atoms with Gasteiger partial charge in [-0.05, 0) is 48.3 Å². The van der Waals surface area contributed by atoms with Gasteiger partial charge in [0, 0.05) is 45.1 Å². The summed E-state index contributed by atoms with van der Waals surface area (Å²) in [6, 6.07) is 8.63. The summed E-state index contributed by atoms with van der Waals surface area (Å²) in [6.07, 6.45) is 9.31. The largest absolute Gasteiger partial charge is 0.395 e. The van der Waals surface area contributed by atoms with Crippen LogP contribution in [0.2, 0.25) is 0 Å². The SMILES string of the molecule is O=C(NO)c1cnc(N2CCC(CN(CCO)CCC3=CCc4ccccc43)CC2)nc1. The number of hydroxylamine groups is 1. The van der Waals surface area contributed by atoms with Crippen LogP contribution in [0.1, 0.15) is 40.7 Å². The number of piperidine rings is 1. The molecule has 0 radical (unpaired) electrons. The van der Waals surface area contributed by atoms with Crippen molar-refractivity contribution in [2.24, 2.45) is 5.92 Å². The van der Waals surface area contributed by atoms with E-state index in [9.17, 15) is 9.90 Å². The van der Waals surface area contributed by atoms with Gasteiger partial charge in [0.25, 0.3) is 5.91 Å². The molecule has 0 atom stereocenters. The normalized spacial score (nSPS) is 16.2. The standard InChI is InChI=1S/C24H31N5O3/c30-14-13-28(10-9-20-6-5-19-3-1-2-4-22(19)20)17-18-7-11-29(12-8-18)24-25-15-21(16-26-24)23(31)27-32/h1-4,6,15-16,18,30,32H,5,7-14,17H2,(H,27,31). The topological polar surface area (TPSA) is 102 Å². The molecule has 3 N–H and O–H groups in total. The number of aliphatic hydroxyl groups is 1. The number of aromatic nitrogens is 2. The second-order valence-corrected chi connectivity index (χ2v) is 8.51. The van der Waals surface area contributed by atoms with Crippen LogP contribution in [0.4, 0.5) is 5.95 Å². The van der Waals surface area contributed by atoms with E-state index in [1.54, 1.807) is 5.48 Å². The molecule has 1 aliphatic heterocycles. The fraction of sp³-hybridized carbons (Fsp3) is 0.458. The van der Waals surface area contributed by atoms with Crippen LogP contribution < -0.4 is 10.4 Å². The molecule has 4 rings (SSSR count). The average molecular weight is 438 g/mol. The first kappa shape index (κ1) is 22.4.